The average molecular weight is 385 g/mol. The monoisotopic (exact) mass is 384 g/mol. The molecule has 1 heterocycles. The van der Waals surface area contributed by atoms with E-state index in [9.17, 15) is 4.79 Å². The van der Waals surface area contributed by atoms with Crippen LogP contribution in [0.2, 0.25) is 0 Å². The van der Waals surface area contributed by atoms with Gasteiger partial charge in [-0.15, -0.1) is 0 Å². The predicted octanol–water partition coefficient (Wildman–Crippen LogP) is 2.89. The highest BCUT2D eigenvalue weighted by Gasteiger charge is 2.32. The number of nitrogens with zero attached hydrogens (tertiary/aromatic N) is 2. The van der Waals surface area contributed by atoms with Gasteiger partial charge in [0.25, 0.3) is 5.91 Å². The Morgan fingerprint density at radius 1 is 1.32 bits per heavy atom. The molecule has 1 aliphatic heterocycles. The Morgan fingerprint density at radius 3 is 2.50 bits per heavy atom. The van der Waals surface area contributed by atoms with Gasteiger partial charge in [0.1, 0.15) is 5.70 Å². The van der Waals surface area contributed by atoms with Crippen molar-refractivity contribution < 1.29 is 14.3 Å². The minimum Gasteiger partial charge on any atom is -0.493 e. The second-order valence-electron chi connectivity index (χ2n) is 4.70. The van der Waals surface area contributed by atoms with Crippen LogP contribution in [0.3, 0.4) is 0 Å². The molecule has 1 aliphatic rings. The number of rotatable bonds is 4. The Labute approximate surface area is 143 Å². The van der Waals surface area contributed by atoms with Crippen LogP contribution in [0.4, 0.5) is 0 Å². The molecule has 1 aromatic carbocycles. The van der Waals surface area contributed by atoms with Crippen LogP contribution in [-0.2, 0) is 4.79 Å². The summed E-state index contributed by atoms with van der Waals surface area (Å²) in [6, 6.07) is 3.70. The number of hydrogen-bond donors (Lipinski definition) is 0. The summed E-state index contributed by atoms with van der Waals surface area (Å²) in [6.07, 6.45) is 1.78. The molecular formula is C15H17BrN2O3S. The van der Waals surface area contributed by atoms with E-state index in [4.69, 9.17) is 21.7 Å². The zero-order chi connectivity index (χ0) is 16.4. The van der Waals surface area contributed by atoms with E-state index in [1.165, 1.54) is 4.90 Å². The molecule has 22 heavy (non-hydrogen) atoms. The first-order valence-corrected chi connectivity index (χ1v) is 7.88. The van der Waals surface area contributed by atoms with E-state index < -0.39 is 0 Å². The van der Waals surface area contributed by atoms with Crippen LogP contribution in [0.5, 0.6) is 11.5 Å². The molecule has 0 aliphatic carbocycles. The molecule has 0 saturated carbocycles. The summed E-state index contributed by atoms with van der Waals surface area (Å²) in [7, 11) is 5.02. The second kappa shape index (κ2) is 6.66. The van der Waals surface area contributed by atoms with Crippen molar-refractivity contribution in [2.24, 2.45) is 0 Å². The molecule has 0 bridgehead atoms. The number of carbonyl (C=O) groups excluding carboxylic acids is 1. The van der Waals surface area contributed by atoms with Gasteiger partial charge < -0.3 is 14.4 Å². The molecule has 0 atom stereocenters. The van der Waals surface area contributed by atoms with Crippen LogP contribution in [0, 0.1) is 0 Å². The number of amides is 1. The van der Waals surface area contributed by atoms with Crippen molar-refractivity contribution in [3.63, 3.8) is 0 Å². The zero-order valence-corrected chi connectivity index (χ0v) is 15.2. The van der Waals surface area contributed by atoms with Crippen molar-refractivity contribution in [1.29, 1.82) is 0 Å². The molecule has 1 fully saturated rings. The predicted molar refractivity (Wildman–Crippen MR) is 93.0 cm³/mol. The van der Waals surface area contributed by atoms with Crippen LogP contribution >= 0.6 is 28.1 Å². The highest BCUT2D eigenvalue weighted by atomic mass is 79.9. The van der Waals surface area contributed by atoms with E-state index in [2.05, 4.69) is 15.9 Å². The van der Waals surface area contributed by atoms with Crippen molar-refractivity contribution in [2.45, 2.75) is 6.92 Å². The van der Waals surface area contributed by atoms with E-state index in [0.29, 0.717) is 28.9 Å². The minimum atomic E-state index is -0.128. The van der Waals surface area contributed by atoms with Gasteiger partial charge in [-0.25, -0.2) is 0 Å². The lowest BCUT2D eigenvalue weighted by Gasteiger charge is -2.13. The number of hydrogen-bond acceptors (Lipinski definition) is 4. The summed E-state index contributed by atoms with van der Waals surface area (Å²) in [5.41, 5.74) is 1.34. The standard InChI is InChI=1S/C15H17BrN2O3S/c1-5-21-13-10(16)6-9(8-12(13)20-4)7-11-14(19)18(3)15(22)17(11)2/h6-8H,5H2,1-4H3/b11-7-. The van der Waals surface area contributed by atoms with Crippen molar-refractivity contribution >= 4 is 45.2 Å². The smallest absolute Gasteiger partial charge is 0.276 e. The lowest BCUT2D eigenvalue weighted by molar-refractivity contribution is -0.121. The van der Waals surface area contributed by atoms with Gasteiger partial charge in [0.2, 0.25) is 0 Å². The molecule has 1 amide bonds. The van der Waals surface area contributed by atoms with Gasteiger partial charge in [-0.05, 0) is 58.8 Å². The molecular weight excluding hydrogens is 368 g/mol. The first-order valence-electron chi connectivity index (χ1n) is 6.68. The lowest BCUT2D eigenvalue weighted by atomic mass is 10.1. The van der Waals surface area contributed by atoms with E-state index in [-0.39, 0.29) is 5.91 Å². The fraction of sp³-hybridized carbons (Fsp3) is 0.333. The number of methoxy groups -OCH3 is 1. The van der Waals surface area contributed by atoms with E-state index in [1.807, 2.05) is 19.1 Å². The summed E-state index contributed by atoms with van der Waals surface area (Å²) < 4.78 is 11.7. The summed E-state index contributed by atoms with van der Waals surface area (Å²) in [6.45, 7) is 2.44. The molecule has 1 aromatic rings. The third kappa shape index (κ3) is 2.96. The Balaban J connectivity index is 2.46. The quantitative estimate of drug-likeness (QED) is 0.589. The summed E-state index contributed by atoms with van der Waals surface area (Å²) in [4.78, 5) is 15.3. The van der Waals surface area contributed by atoms with Crippen LogP contribution in [0.1, 0.15) is 12.5 Å². The van der Waals surface area contributed by atoms with Gasteiger partial charge in [-0.2, -0.15) is 0 Å². The van der Waals surface area contributed by atoms with Gasteiger partial charge in [-0.3, -0.25) is 9.69 Å². The molecule has 0 N–H and O–H groups in total. The highest BCUT2D eigenvalue weighted by molar-refractivity contribution is 9.10. The molecule has 118 valence electrons. The summed E-state index contributed by atoms with van der Waals surface area (Å²) in [5, 5.41) is 0.480. The van der Waals surface area contributed by atoms with Gasteiger partial charge in [0, 0.05) is 14.1 Å². The van der Waals surface area contributed by atoms with E-state index in [1.54, 1.807) is 32.2 Å². The largest absolute Gasteiger partial charge is 0.493 e. The number of thiocarbonyl (C=S) groups is 1. The molecule has 2 rings (SSSR count). The maximum absolute atomic E-state index is 12.2. The number of halogens is 1. The normalized spacial score (nSPS) is 16.7. The Morgan fingerprint density at radius 2 is 2.00 bits per heavy atom. The maximum Gasteiger partial charge on any atom is 0.276 e. The Bertz CT molecular complexity index is 660. The van der Waals surface area contributed by atoms with Crippen molar-refractivity contribution in [2.75, 3.05) is 27.8 Å². The first kappa shape index (κ1) is 16.8. The fourth-order valence-electron chi connectivity index (χ4n) is 2.15. The van der Waals surface area contributed by atoms with Gasteiger partial charge in [0.15, 0.2) is 16.6 Å². The third-order valence-electron chi connectivity index (χ3n) is 3.30. The van der Waals surface area contributed by atoms with Crippen LogP contribution in [-0.4, -0.2) is 48.6 Å². The van der Waals surface area contributed by atoms with Crippen molar-refractivity contribution in [1.82, 2.24) is 9.80 Å². The topological polar surface area (TPSA) is 42.0 Å². The Hall–Kier alpha value is -1.60. The molecule has 0 spiro atoms. The van der Waals surface area contributed by atoms with Gasteiger partial charge in [0.05, 0.1) is 18.2 Å². The maximum atomic E-state index is 12.2. The molecule has 5 nitrogen and oxygen atoms in total. The van der Waals surface area contributed by atoms with Crippen LogP contribution < -0.4 is 9.47 Å². The molecule has 0 aromatic heterocycles. The average Bonchev–Trinajstić information content (AvgIpc) is 2.67. The SMILES string of the molecule is CCOc1c(Br)cc(/C=C2/C(=O)N(C)C(=S)N2C)cc1OC. The number of benzene rings is 1. The van der Waals surface area contributed by atoms with Gasteiger partial charge in [-0.1, -0.05) is 0 Å². The van der Waals surface area contributed by atoms with Crippen molar-refractivity contribution in [3.05, 3.63) is 27.9 Å². The zero-order valence-electron chi connectivity index (χ0n) is 12.8. The van der Waals surface area contributed by atoms with Crippen LogP contribution in [0.25, 0.3) is 6.08 Å². The van der Waals surface area contributed by atoms with E-state index in [0.717, 1.165) is 10.0 Å². The molecule has 0 unspecified atom stereocenters. The second-order valence-corrected chi connectivity index (χ2v) is 5.92. The molecule has 7 heteroatoms. The first-order chi connectivity index (χ1) is 10.4. The summed E-state index contributed by atoms with van der Waals surface area (Å²) >= 11 is 8.67. The highest BCUT2D eigenvalue weighted by Crippen LogP contribution is 2.37. The Kier molecular flexibility index (Phi) is 5.08. The van der Waals surface area contributed by atoms with Gasteiger partial charge >= 0.3 is 0 Å². The molecule has 1 saturated heterocycles. The molecule has 0 radical (unpaired) electrons. The third-order valence-corrected chi connectivity index (χ3v) is 4.44. The van der Waals surface area contributed by atoms with E-state index >= 15 is 0 Å². The minimum absolute atomic E-state index is 0.128. The number of carbonyl (C=O) groups is 1. The summed E-state index contributed by atoms with van der Waals surface area (Å²) in [5.74, 6) is 1.12. The van der Waals surface area contributed by atoms with Crippen molar-refractivity contribution in [3.8, 4) is 11.5 Å². The fourth-order valence-corrected chi connectivity index (χ4v) is 2.91. The number of likely N-dealkylation sites (N-methyl/N-ethyl adjacent to an activating group) is 2. The number of ether oxygens (including phenoxy) is 2. The van der Waals surface area contributed by atoms with Crippen LogP contribution in [0.15, 0.2) is 22.3 Å². The lowest BCUT2D eigenvalue weighted by Crippen LogP contribution is -2.26.